The van der Waals surface area contributed by atoms with Gasteiger partial charge >= 0.3 is 0 Å². The van der Waals surface area contributed by atoms with E-state index >= 15 is 0 Å². The molecule has 1 saturated carbocycles. The summed E-state index contributed by atoms with van der Waals surface area (Å²) in [4.78, 5) is 21.4. The monoisotopic (exact) mass is 371 g/mol. The van der Waals surface area contributed by atoms with Gasteiger partial charge in [-0.2, -0.15) is 0 Å². The molecule has 2 fully saturated rings. The highest BCUT2D eigenvalue weighted by Gasteiger charge is 2.23. The van der Waals surface area contributed by atoms with E-state index < -0.39 is 0 Å². The number of hydrogen-bond donors (Lipinski definition) is 1. The van der Waals surface area contributed by atoms with Crippen LogP contribution in [0.25, 0.3) is 0 Å². The summed E-state index contributed by atoms with van der Waals surface area (Å²) in [7, 11) is 0. The topological polar surface area (TPSA) is 65.1 Å². The Balaban J connectivity index is 1.24. The highest BCUT2D eigenvalue weighted by Crippen LogP contribution is 2.32. The molecule has 7 heteroatoms. The summed E-state index contributed by atoms with van der Waals surface area (Å²) in [5, 5.41) is 8.04. The number of H-pyrrole nitrogens is 1. The van der Waals surface area contributed by atoms with Crippen molar-refractivity contribution in [3.05, 3.63) is 36.2 Å². The van der Waals surface area contributed by atoms with Gasteiger partial charge in [0.2, 0.25) is 11.1 Å². The zero-order chi connectivity index (χ0) is 17.8. The zero-order valence-corrected chi connectivity index (χ0v) is 15.7. The van der Waals surface area contributed by atoms with E-state index in [-0.39, 0.29) is 5.91 Å². The normalized spacial score (nSPS) is 18.5. The van der Waals surface area contributed by atoms with Crippen molar-refractivity contribution in [3.8, 4) is 0 Å². The van der Waals surface area contributed by atoms with Gasteiger partial charge in [0.05, 0.1) is 5.75 Å². The van der Waals surface area contributed by atoms with Crippen LogP contribution in [0.1, 0.15) is 37.4 Å². The number of aromatic amines is 1. The van der Waals surface area contributed by atoms with Gasteiger partial charge in [0.15, 0.2) is 0 Å². The van der Waals surface area contributed by atoms with Crippen LogP contribution in [-0.2, 0) is 4.79 Å². The quantitative estimate of drug-likeness (QED) is 0.819. The van der Waals surface area contributed by atoms with Crippen LogP contribution in [0.5, 0.6) is 0 Å². The molecule has 1 aliphatic carbocycles. The van der Waals surface area contributed by atoms with Gasteiger partial charge < -0.3 is 9.80 Å². The highest BCUT2D eigenvalue weighted by atomic mass is 32.2. The molecule has 1 amide bonds. The van der Waals surface area contributed by atoms with E-state index in [4.69, 9.17) is 0 Å². The van der Waals surface area contributed by atoms with Crippen molar-refractivity contribution < 1.29 is 4.79 Å². The Hall–Kier alpha value is -2.02. The molecule has 138 valence electrons. The SMILES string of the molecule is O=C(CSc1n[nH]c(C2CCCC2)n1)N1CCN(c2ccccc2)CC1. The van der Waals surface area contributed by atoms with Crippen molar-refractivity contribution >= 4 is 23.4 Å². The Labute approximate surface area is 158 Å². The lowest BCUT2D eigenvalue weighted by atomic mass is 10.1. The number of aromatic nitrogens is 3. The molecule has 2 aromatic rings. The minimum atomic E-state index is 0.176. The molecular weight excluding hydrogens is 346 g/mol. The summed E-state index contributed by atoms with van der Waals surface area (Å²) in [6.07, 6.45) is 4.95. The molecule has 1 aromatic carbocycles. The molecule has 2 heterocycles. The van der Waals surface area contributed by atoms with Crippen molar-refractivity contribution in [1.29, 1.82) is 0 Å². The molecule has 1 aromatic heterocycles. The number of benzene rings is 1. The van der Waals surface area contributed by atoms with Crippen molar-refractivity contribution in [2.75, 3.05) is 36.8 Å². The van der Waals surface area contributed by atoms with Gasteiger partial charge in [-0.15, -0.1) is 5.10 Å². The van der Waals surface area contributed by atoms with E-state index in [1.54, 1.807) is 0 Å². The minimum absolute atomic E-state index is 0.176. The van der Waals surface area contributed by atoms with E-state index in [1.165, 1.54) is 43.1 Å². The summed E-state index contributed by atoms with van der Waals surface area (Å²) in [5.41, 5.74) is 1.23. The number of para-hydroxylation sites is 1. The first-order valence-electron chi connectivity index (χ1n) is 9.42. The lowest BCUT2D eigenvalue weighted by Gasteiger charge is -2.36. The van der Waals surface area contributed by atoms with Crippen LogP contribution in [0.4, 0.5) is 5.69 Å². The van der Waals surface area contributed by atoms with Gasteiger partial charge in [-0.3, -0.25) is 9.89 Å². The van der Waals surface area contributed by atoms with Crippen LogP contribution in [0, 0.1) is 0 Å². The molecule has 6 nitrogen and oxygen atoms in total. The first kappa shape index (κ1) is 17.4. The van der Waals surface area contributed by atoms with Crippen LogP contribution in [0.3, 0.4) is 0 Å². The number of rotatable bonds is 5. The van der Waals surface area contributed by atoms with Crippen molar-refractivity contribution in [1.82, 2.24) is 20.1 Å². The Morgan fingerprint density at radius 3 is 2.58 bits per heavy atom. The maximum Gasteiger partial charge on any atom is 0.233 e. The Morgan fingerprint density at radius 2 is 1.85 bits per heavy atom. The van der Waals surface area contributed by atoms with E-state index in [0.29, 0.717) is 16.8 Å². The summed E-state index contributed by atoms with van der Waals surface area (Å²) in [6.45, 7) is 3.31. The van der Waals surface area contributed by atoms with Gasteiger partial charge in [0, 0.05) is 37.8 Å². The fraction of sp³-hybridized carbons (Fsp3) is 0.526. The lowest BCUT2D eigenvalue weighted by Crippen LogP contribution is -2.49. The second kappa shape index (κ2) is 8.12. The number of nitrogens with one attached hydrogen (secondary N) is 1. The van der Waals surface area contributed by atoms with Gasteiger partial charge in [0.25, 0.3) is 0 Å². The summed E-state index contributed by atoms with van der Waals surface area (Å²) in [5.74, 6) is 2.11. The maximum absolute atomic E-state index is 12.5. The molecule has 0 spiro atoms. The van der Waals surface area contributed by atoms with Crippen LogP contribution >= 0.6 is 11.8 Å². The standard InChI is InChI=1S/C19H25N5OS/c25-17(14-26-19-20-18(21-22-19)15-6-4-5-7-15)24-12-10-23(11-13-24)16-8-2-1-3-9-16/h1-3,8-9,15H,4-7,10-14H2,(H,20,21,22). The smallest absolute Gasteiger partial charge is 0.233 e. The summed E-state index contributed by atoms with van der Waals surface area (Å²) >= 11 is 1.44. The summed E-state index contributed by atoms with van der Waals surface area (Å²) in [6, 6.07) is 10.4. The second-order valence-corrected chi connectivity index (χ2v) is 7.92. The molecule has 4 rings (SSSR count). The fourth-order valence-corrected chi connectivity index (χ4v) is 4.48. The molecule has 26 heavy (non-hydrogen) atoms. The molecule has 0 unspecified atom stereocenters. The number of amides is 1. The van der Waals surface area contributed by atoms with Gasteiger partial charge in [-0.1, -0.05) is 42.8 Å². The van der Waals surface area contributed by atoms with Crippen LogP contribution in [0.2, 0.25) is 0 Å². The van der Waals surface area contributed by atoms with E-state index in [9.17, 15) is 4.79 Å². The molecule has 0 atom stereocenters. The molecule has 0 bridgehead atoms. The number of thioether (sulfide) groups is 1. The number of nitrogens with zero attached hydrogens (tertiary/aromatic N) is 4. The Bertz CT molecular complexity index is 721. The number of carbonyl (C=O) groups is 1. The van der Waals surface area contributed by atoms with Crippen molar-refractivity contribution in [2.45, 2.75) is 36.8 Å². The number of anilines is 1. The average Bonchev–Trinajstić information content (AvgIpc) is 3.38. The molecular formula is C19H25N5OS. The summed E-state index contributed by atoms with van der Waals surface area (Å²) < 4.78 is 0. The first-order chi connectivity index (χ1) is 12.8. The Morgan fingerprint density at radius 1 is 1.12 bits per heavy atom. The first-order valence-corrected chi connectivity index (χ1v) is 10.4. The third-order valence-corrected chi connectivity index (χ3v) is 6.13. The van der Waals surface area contributed by atoms with E-state index in [0.717, 1.165) is 32.0 Å². The average molecular weight is 372 g/mol. The fourth-order valence-electron chi connectivity index (χ4n) is 3.77. The lowest BCUT2D eigenvalue weighted by molar-refractivity contribution is -0.128. The van der Waals surface area contributed by atoms with Crippen LogP contribution in [-0.4, -0.2) is 57.9 Å². The zero-order valence-electron chi connectivity index (χ0n) is 14.9. The van der Waals surface area contributed by atoms with E-state index in [1.807, 2.05) is 11.0 Å². The van der Waals surface area contributed by atoms with Crippen LogP contribution < -0.4 is 4.90 Å². The molecule has 1 aliphatic heterocycles. The predicted octanol–water partition coefficient (Wildman–Crippen LogP) is 2.90. The molecule has 1 N–H and O–H groups in total. The van der Waals surface area contributed by atoms with Crippen molar-refractivity contribution in [3.63, 3.8) is 0 Å². The number of hydrogen-bond acceptors (Lipinski definition) is 5. The Kier molecular flexibility index (Phi) is 5.43. The largest absolute Gasteiger partial charge is 0.368 e. The van der Waals surface area contributed by atoms with E-state index in [2.05, 4.69) is 44.3 Å². The predicted molar refractivity (Wildman–Crippen MR) is 104 cm³/mol. The molecule has 2 aliphatic rings. The van der Waals surface area contributed by atoms with Crippen molar-refractivity contribution in [2.24, 2.45) is 0 Å². The minimum Gasteiger partial charge on any atom is -0.368 e. The number of carbonyl (C=O) groups excluding carboxylic acids is 1. The molecule has 1 saturated heterocycles. The second-order valence-electron chi connectivity index (χ2n) is 6.98. The van der Waals surface area contributed by atoms with Gasteiger partial charge in [0.1, 0.15) is 5.82 Å². The van der Waals surface area contributed by atoms with Crippen LogP contribution in [0.15, 0.2) is 35.5 Å². The molecule has 0 radical (unpaired) electrons. The third kappa shape index (κ3) is 4.03. The van der Waals surface area contributed by atoms with Gasteiger partial charge in [-0.25, -0.2) is 4.98 Å². The van der Waals surface area contributed by atoms with Gasteiger partial charge in [-0.05, 0) is 25.0 Å². The third-order valence-electron chi connectivity index (χ3n) is 5.30. The maximum atomic E-state index is 12.5. The number of piperazine rings is 1. The highest BCUT2D eigenvalue weighted by molar-refractivity contribution is 7.99.